The Labute approximate surface area is 143 Å². The second kappa shape index (κ2) is 6.88. The average molecular weight is 349 g/mol. The van der Waals surface area contributed by atoms with Gasteiger partial charge in [-0.1, -0.05) is 11.6 Å². The van der Waals surface area contributed by atoms with Gasteiger partial charge < -0.3 is 15.5 Å². The summed E-state index contributed by atoms with van der Waals surface area (Å²) in [6.45, 7) is 0.810. The van der Waals surface area contributed by atoms with Crippen LogP contribution in [0.15, 0.2) is 30.7 Å². The topological polar surface area (TPSA) is 92.1 Å². The van der Waals surface area contributed by atoms with Crippen LogP contribution < -0.4 is 15.5 Å². The van der Waals surface area contributed by atoms with Crippen molar-refractivity contribution in [1.29, 1.82) is 0 Å². The Morgan fingerprint density at radius 1 is 1.42 bits per heavy atom. The van der Waals surface area contributed by atoms with Gasteiger partial charge in [-0.05, 0) is 18.6 Å². The highest BCUT2D eigenvalue weighted by Gasteiger charge is 2.34. The zero-order valence-corrected chi connectivity index (χ0v) is 13.8. The number of amides is 3. The highest BCUT2D eigenvalue weighted by atomic mass is 35.5. The Morgan fingerprint density at radius 3 is 2.92 bits per heavy atom. The number of anilines is 1. The standard InChI is InChI=1S/C15H17ClN6O2/c1-21-9-12(8-19-21)22-5-4-13(14(22)23)20-15(24)18-7-11-3-2-10(16)6-17-11/h2-3,6,8-9,13H,4-5,7H2,1H3,(H2,18,20,24)/t13-/m0/s1. The first-order chi connectivity index (χ1) is 11.5. The van der Waals surface area contributed by atoms with Crippen LogP contribution in [-0.2, 0) is 18.4 Å². The van der Waals surface area contributed by atoms with Crippen LogP contribution in [0.2, 0.25) is 5.02 Å². The van der Waals surface area contributed by atoms with Gasteiger partial charge in [0.05, 0.1) is 29.1 Å². The van der Waals surface area contributed by atoms with E-state index >= 15 is 0 Å². The van der Waals surface area contributed by atoms with Gasteiger partial charge in [0.25, 0.3) is 0 Å². The van der Waals surface area contributed by atoms with Crippen LogP contribution in [0.3, 0.4) is 0 Å². The van der Waals surface area contributed by atoms with Gasteiger partial charge in [0, 0.05) is 26.0 Å². The fraction of sp³-hybridized carbons (Fsp3) is 0.333. The monoisotopic (exact) mass is 348 g/mol. The molecule has 0 radical (unpaired) electrons. The second-order valence-electron chi connectivity index (χ2n) is 5.50. The lowest BCUT2D eigenvalue weighted by Crippen LogP contribution is -2.46. The summed E-state index contributed by atoms with van der Waals surface area (Å²) >= 11 is 5.76. The molecular weight excluding hydrogens is 332 g/mol. The van der Waals surface area contributed by atoms with E-state index in [0.29, 0.717) is 23.7 Å². The number of rotatable bonds is 4. The summed E-state index contributed by atoms with van der Waals surface area (Å²) in [6, 6.07) is 2.49. The molecule has 3 rings (SSSR count). The van der Waals surface area contributed by atoms with Crippen molar-refractivity contribution in [3.8, 4) is 0 Å². The van der Waals surface area contributed by atoms with Gasteiger partial charge >= 0.3 is 6.03 Å². The lowest BCUT2D eigenvalue weighted by molar-refractivity contribution is -0.118. The quantitative estimate of drug-likeness (QED) is 0.864. The maximum atomic E-state index is 12.4. The van der Waals surface area contributed by atoms with Gasteiger partial charge in [0.1, 0.15) is 6.04 Å². The molecule has 2 aromatic rings. The van der Waals surface area contributed by atoms with Crippen molar-refractivity contribution in [2.24, 2.45) is 7.05 Å². The van der Waals surface area contributed by atoms with E-state index in [0.717, 1.165) is 5.69 Å². The summed E-state index contributed by atoms with van der Waals surface area (Å²) < 4.78 is 1.63. The molecule has 3 heterocycles. The molecule has 8 nitrogen and oxygen atoms in total. The van der Waals surface area contributed by atoms with Gasteiger partial charge in [0.2, 0.25) is 5.91 Å². The highest BCUT2D eigenvalue weighted by molar-refractivity contribution is 6.30. The smallest absolute Gasteiger partial charge is 0.315 e. The number of carbonyl (C=O) groups is 2. The van der Waals surface area contributed by atoms with Crippen LogP contribution in [-0.4, -0.2) is 39.3 Å². The molecule has 0 spiro atoms. The Morgan fingerprint density at radius 2 is 2.25 bits per heavy atom. The molecule has 126 valence electrons. The summed E-state index contributed by atoms with van der Waals surface area (Å²) in [5.74, 6) is -0.136. The van der Waals surface area contributed by atoms with Crippen LogP contribution in [0.4, 0.5) is 10.5 Å². The summed E-state index contributed by atoms with van der Waals surface area (Å²) in [5, 5.41) is 9.97. The first-order valence-electron chi connectivity index (χ1n) is 7.48. The number of hydrogen-bond donors (Lipinski definition) is 2. The lowest BCUT2D eigenvalue weighted by atomic mass is 10.2. The van der Waals surface area contributed by atoms with Gasteiger partial charge in [-0.2, -0.15) is 5.10 Å². The predicted molar refractivity (Wildman–Crippen MR) is 88.6 cm³/mol. The first kappa shape index (κ1) is 16.3. The normalized spacial score (nSPS) is 17.2. The third-order valence-corrected chi connectivity index (χ3v) is 3.96. The maximum absolute atomic E-state index is 12.4. The number of nitrogens with zero attached hydrogens (tertiary/aromatic N) is 4. The predicted octanol–water partition coefficient (Wildman–Crippen LogP) is 1.07. The summed E-state index contributed by atoms with van der Waals surface area (Å²) in [4.78, 5) is 30.1. The third-order valence-electron chi connectivity index (χ3n) is 3.73. The first-order valence-corrected chi connectivity index (χ1v) is 7.85. The number of hydrogen-bond acceptors (Lipinski definition) is 4. The summed E-state index contributed by atoms with van der Waals surface area (Å²) in [7, 11) is 1.79. The van der Waals surface area contributed by atoms with Gasteiger partial charge in [0.15, 0.2) is 0 Å². The fourth-order valence-electron chi connectivity index (χ4n) is 2.51. The van der Waals surface area contributed by atoms with Crippen molar-refractivity contribution in [3.05, 3.63) is 41.4 Å². The number of nitrogens with one attached hydrogen (secondary N) is 2. The zero-order chi connectivity index (χ0) is 17.1. The Balaban J connectivity index is 1.51. The summed E-state index contributed by atoms with van der Waals surface area (Å²) in [5.41, 5.74) is 1.42. The number of aryl methyl sites for hydroxylation is 1. The van der Waals surface area contributed by atoms with Crippen molar-refractivity contribution in [2.75, 3.05) is 11.4 Å². The number of aromatic nitrogens is 3. The van der Waals surface area contributed by atoms with E-state index in [9.17, 15) is 9.59 Å². The van der Waals surface area contributed by atoms with Crippen LogP contribution >= 0.6 is 11.6 Å². The van der Waals surface area contributed by atoms with Crippen LogP contribution in [0.1, 0.15) is 12.1 Å². The highest BCUT2D eigenvalue weighted by Crippen LogP contribution is 2.20. The van der Waals surface area contributed by atoms with E-state index in [2.05, 4.69) is 20.7 Å². The Hall–Kier alpha value is -2.61. The minimum absolute atomic E-state index is 0.136. The summed E-state index contributed by atoms with van der Waals surface area (Å²) in [6.07, 6.45) is 5.47. The molecule has 1 aliphatic rings. The zero-order valence-electron chi connectivity index (χ0n) is 13.1. The molecule has 1 aliphatic heterocycles. The maximum Gasteiger partial charge on any atom is 0.315 e. The van der Waals surface area contributed by atoms with Crippen molar-refractivity contribution in [3.63, 3.8) is 0 Å². The third kappa shape index (κ3) is 3.65. The average Bonchev–Trinajstić information content (AvgIpc) is 3.13. The molecule has 9 heteroatoms. The van der Waals surface area contributed by atoms with Crippen LogP contribution in [0.25, 0.3) is 0 Å². The molecule has 0 saturated carbocycles. The van der Waals surface area contributed by atoms with E-state index in [1.54, 1.807) is 41.2 Å². The number of carbonyl (C=O) groups excluding carboxylic acids is 2. The van der Waals surface area contributed by atoms with E-state index in [4.69, 9.17) is 11.6 Å². The number of urea groups is 1. The SMILES string of the molecule is Cn1cc(N2CC[C@H](NC(=O)NCc3ccc(Cl)cn3)C2=O)cn1. The van der Waals surface area contributed by atoms with Crippen LogP contribution in [0.5, 0.6) is 0 Å². The van der Waals surface area contributed by atoms with E-state index in [-0.39, 0.29) is 12.5 Å². The van der Waals surface area contributed by atoms with Crippen LogP contribution in [0, 0.1) is 0 Å². The Kier molecular flexibility index (Phi) is 4.66. The molecule has 0 unspecified atom stereocenters. The van der Waals surface area contributed by atoms with Crippen molar-refractivity contribution >= 4 is 29.2 Å². The van der Waals surface area contributed by atoms with Crippen molar-refractivity contribution in [2.45, 2.75) is 19.0 Å². The van der Waals surface area contributed by atoms with Crippen molar-refractivity contribution in [1.82, 2.24) is 25.4 Å². The molecule has 24 heavy (non-hydrogen) atoms. The molecule has 0 aromatic carbocycles. The minimum atomic E-state index is -0.539. The lowest BCUT2D eigenvalue weighted by Gasteiger charge is -2.15. The van der Waals surface area contributed by atoms with Gasteiger partial charge in [-0.15, -0.1) is 0 Å². The molecule has 3 amide bonds. The van der Waals surface area contributed by atoms with Crippen molar-refractivity contribution < 1.29 is 9.59 Å². The fourth-order valence-corrected chi connectivity index (χ4v) is 2.62. The molecule has 2 aromatic heterocycles. The largest absolute Gasteiger partial charge is 0.332 e. The number of pyridine rings is 1. The molecule has 2 N–H and O–H groups in total. The van der Waals surface area contributed by atoms with E-state index in [1.807, 2.05) is 0 Å². The number of halogens is 1. The van der Waals surface area contributed by atoms with Gasteiger partial charge in [-0.25, -0.2) is 4.79 Å². The molecule has 0 bridgehead atoms. The molecule has 1 fully saturated rings. The van der Waals surface area contributed by atoms with Gasteiger partial charge in [-0.3, -0.25) is 14.5 Å². The second-order valence-corrected chi connectivity index (χ2v) is 5.93. The van der Waals surface area contributed by atoms with E-state index < -0.39 is 12.1 Å². The molecule has 0 aliphatic carbocycles. The molecular formula is C15H17ClN6O2. The Bertz CT molecular complexity index is 745. The minimum Gasteiger partial charge on any atom is -0.332 e. The van der Waals surface area contributed by atoms with E-state index in [1.165, 1.54) is 6.20 Å². The molecule has 1 saturated heterocycles. The molecule has 1 atom stereocenters.